The molecule has 5 heteroatoms. The Morgan fingerprint density at radius 3 is 1.64 bits per heavy atom. The van der Waals surface area contributed by atoms with Gasteiger partial charge in [0.05, 0.1) is 56.6 Å². The minimum absolute atomic E-state index is 0.546. The molecule has 0 N–H and O–H groups in total. The van der Waals surface area contributed by atoms with Crippen molar-refractivity contribution >= 4 is 43.6 Å². The molecule has 0 amide bonds. The van der Waals surface area contributed by atoms with Crippen molar-refractivity contribution in [3.8, 4) is 51.8 Å². The molecule has 230 valence electrons. The fourth-order valence-corrected chi connectivity index (χ4v) is 7.48. The van der Waals surface area contributed by atoms with Crippen molar-refractivity contribution in [3.63, 3.8) is 0 Å². The van der Waals surface area contributed by atoms with Crippen LogP contribution in [0.1, 0.15) is 16.7 Å². The highest BCUT2D eigenvalue weighted by Gasteiger charge is 2.21. The van der Waals surface area contributed by atoms with E-state index in [4.69, 9.17) is 0 Å². The fraction of sp³-hybridized carbons (Fsp3) is 0. The van der Waals surface area contributed by atoms with Crippen molar-refractivity contribution in [1.29, 1.82) is 15.8 Å². The molecule has 7 aromatic carbocycles. The van der Waals surface area contributed by atoms with Gasteiger partial charge in [-0.1, -0.05) is 84.9 Å². The monoisotopic (exact) mass is 635 g/mol. The molecular weight excluding hydrogens is 611 g/mol. The molecule has 9 aromatic rings. The summed E-state index contributed by atoms with van der Waals surface area (Å²) >= 11 is 0. The Hall–Kier alpha value is -7.39. The van der Waals surface area contributed by atoms with Crippen LogP contribution < -0.4 is 0 Å². The van der Waals surface area contributed by atoms with Gasteiger partial charge in [0, 0.05) is 32.8 Å². The third kappa shape index (κ3) is 4.31. The van der Waals surface area contributed by atoms with Crippen LogP contribution in [-0.2, 0) is 0 Å². The highest BCUT2D eigenvalue weighted by molar-refractivity contribution is 6.11. The first-order valence-electron chi connectivity index (χ1n) is 16.3. The van der Waals surface area contributed by atoms with E-state index in [1.165, 1.54) is 0 Å². The van der Waals surface area contributed by atoms with Gasteiger partial charge in [-0.05, 0) is 83.4 Å². The minimum atomic E-state index is 0.546. The maximum absolute atomic E-state index is 10.5. The van der Waals surface area contributed by atoms with Crippen molar-refractivity contribution < 1.29 is 0 Å². The molecule has 0 spiro atoms. The van der Waals surface area contributed by atoms with Crippen LogP contribution in [-0.4, -0.2) is 9.13 Å². The molecule has 0 aliphatic heterocycles. The van der Waals surface area contributed by atoms with Crippen LogP contribution in [0.2, 0.25) is 0 Å². The molecule has 0 fully saturated rings. The molecule has 0 radical (unpaired) electrons. The van der Waals surface area contributed by atoms with Gasteiger partial charge in [-0.3, -0.25) is 0 Å². The standard InChI is InChI=1S/C45H25N5/c46-26-29-19-21-34(38-15-8-10-32(28-48)45(38)50-42-17-5-1-12-35(42)36-13-2-6-18-43(36)50)39(23-29)31-9-7-11-33(25-31)49-41-16-4-3-14-37(41)40-24-30(27-47)20-22-44(40)49/h1-25H. The maximum atomic E-state index is 10.5. The second kappa shape index (κ2) is 11.4. The first-order valence-corrected chi connectivity index (χ1v) is 16.3. The Bertz CT molecular complexity index is 2920. The number of hydrogen-bond donors (Lipinski definition) is 0. The van der Waals surface area contributed by atoms with Gasteiger partial charge >= 0.3 is 0 Å². The van der Waals surface area contributed by atoms with E-state index in [9.17, 15) is 15.8 Å². The average Bonchev–Trinajstić information content (AvgIpc) is 3.70. The van der Waals surface area contributed by atoms with Crippen LogP contribution in [0.15, 0.2) is 152 Å². The molecule has 0 saturated carbocycles. The summed E-state index contributed by atoms with van der Waals surface area (Å²) in [5.41, 5.74) is 11.2. The number of hydrogen-bond acceptors (Lipinski definition) is 3. The lowest BCUT2D eigenvalue weighted by molar-refractivity contribution is 1.17. The highest BCUT2D eigenvalue weighted by atomic mass is 15.0. The van der Waals surface area contributed by atoms with Gasteiger partial charge in [-0.25, -0.2) is 0 Å². The Kier molecular flexibility index (Phi) is 6.56. The zero-order valence-electron chi connectivity index (χ0n) is 26.7. The van der Waals surface area contributed by atoms with E-state index in [0.29, 0.717) is 16.7 Å². The normalized spacial score (nSPS) is 11.1. The molecule has 50 heavy (non-hydrogen) atoms. The fourth-order valence-electron chi connectivity index (χ4n) is 7.48. The van der Waals surface area contributed by atoms with Gasteiger partial charge < -0.3 is 9.13 Å². The van der Waals surface area contributed by atoms with Crippen molar-refractivity contribution in [2.75, 3.05) is 0 Å². The van der Waals surface area contributed by atoms with Gasteiger partial charge in [-0.15, -0.1) is 0 Å². The summed E-state index contributed by atoms with van der Waals surface area (Å²) in [6.45, 7) is 0. The van der Waals surface area contributed by atoms with E-state index in [1.54, 1.807) is 0 Å². The van der Waals surface area contributed by atoms with E-state index in [1.807, 2.05) is 91.0 Å². The summed E-state index contributed by atoms with van der Waals surface area (Å²) in [6.07, 6.45) is 0. The molecule has 2 heterocycles. The van der Waals surface area contributed by atoms with Crippen molar-refractivity contribution in [1.82, 2.24) is 9.13 Å². The zero-order chi connectivity index (χ0) is 33.8. The number of rotatable bonds is 4. The zero-order valence-corrected chi connectivity index (χ0v) is 26.7. The molecule has 0 aliphatic rings. The second-order valence-corrected chi connectivity index (χ2v) is 12.3. The summed E-state index contributed by atoms with van der Waals surface area (Å²) in [5, 5.41) is 34.5. The number of aromatic nitrogens is 2. The summed E-state index contributed by atoms with van der Waals surface area (Å²) in [4.78, 5) is 0. The highest BCUT2D eigenvalue weighted by Crippen LogP contribution is 2.42. The van der Waals surface area contributed by atoms with Gasteiger partial charge in [-0.2, -0.15) is 15.8 Å². The first kappa shape index (κ1) is 28.8. The molecule has 0 unspecified atom stereocenters. The molecule has 2 aromatic heterocycles. The first-order chi connectivity index (χ1) is 24.7. The molecule has 0 bridgehead atoms. The summed E-state index contributed by atoms with van der Waals surface area (Å²) < 4.78 is 4.42. The SMILES string of the molecule is N#Cc1ccc(-c2cccc(C#N)c2-n2c3ccccc3c3ccccc32)c(-c2cccc(-n3c4ccccc4c4cc(C#N)ccc43)c2)c1. The van der Waals surface area contributed by atoms with Crippen molar-refractivity contribution in [2.24, 2.45) is 0 Å². The lowest BCUT2D eigenvalue weighted by Gasteiger charge is -2.19. The van der Waals surface area contributed by atoms with Gasteiger partial charge in [0.15, 0.2) is 0 Å². The molecule has 9 rings (SSSR count). The summed E-state index contributed by atoms with van der Waals surface area (Å²) in [7, 11) is 0. The van der Waals surface area contributed by atoms with Crippen LogP contribution >= 0.6 is 0 Å². The third-order valence-electron chi connectivity index (χ3n) is 9.62. The van der Waals surface area contributed by atoms with Crippen LogP contribution in [0.5, 0.6) is 0 Å². The van der Waals surface area contributed by atoms with Gasteiger partial charge in [0.2, 0.25) is 0 Å². The van der Waals surface area contributed by atoms with Crippen LogP contribution in [0.3, 0.4) is 0 Å². The van der Waals surface area contributed by atoms with Crippen molar-refractivity contribution in [3.05, 3.63) is 168 Å². The quantitative estimate of drug-likeness (QED) is 0.193. The predicted octanol–water partition coefficient (Wildman–Crippen LogP) is 10.8. The molecule has 5 nitrogen and oxygen atoms in total. The van der Waals surface area contributed by atoms with Crippen LogP contribution in [0.4, 0.5) is 0 Å². The Morgan fingerprint density at radius 2 is 0.960 bits per heavy atom. The Balaban J connectivity index is 1.31. The lowest BCUT2D eigenvalue weighted by atomic mass is 9.90. The molecular formula is C45H25N5. The summed E-state index contributed by atoms with van der Waals surface area (Å²) in [5.74, 6) is 0. The van der Waals surface area contributed by atoms with Crippen molar-refractivity contribution in [2.45, 2.75) is 0 Å². The Labute approximate surface area is 287 Å². The Morgan fingerprint density at radius 1 is 0.380 bits per heavy atom. The van der Waals surface area contributed by atoms with E-state index >= 15 is 0 Å². The number of nitriles is 3. The van der Waals surface area contributed by atoms with E-state index in [2.05, 4.69) is 88.0 Å². The molecule has 0 aliphatic carbocycles. The van der Waals surface area contributed by atoms with E-state index in [0.717, 1.165) is 77.2 Å². The molecule has 0 atom stereocenters. The van der Waals surface area contributed by atoms with Gasteiger partial charge in [0.1, 0.15) is 6.07 Å². The van der Waals surface area contributed by atoms with E-state index in [-0.39, 0.29) is 0 Å². The third-order valence-corrected chi connectivity index (χ3v) is 9.62. The predicted molar refractivity (Wildman–Crippen MR) is 200 cm³/mol. The number of benzene rings is 7. The largest absolute Gasteiger partial charge is 0.309 e. The van der Waals surface area contributed by atoms with E-state index < -0.39 is 0 Å². The minimum Gasteiger partial charge on any atom is -0.309 e. The smallest absolute Gasteiger partial charge is 0.101 e. The molecule has 0 saturated heterocycles. The topological polar surface area (TPSA) is 81.2 Å². The van der Waals surface area contributed by atoms with Crippen LogP contribution in [0, 0.1) is 34.0 Å². The number of fused-ring (bicyclic) bond motifs is 6. The maximum Gasteiger partial charge on any atom is 0.101 e. The van der Waals surface area contributed by atoms with Crippen LogP contribution in [0.25, 0.3) is 77.2 Å². The average molecular weight is 636 g/mol. The number of nitrogens with zero attached hydrogens (tertiary/aromatic N) is 5. The lowest BCUT2D eigenvalue weighted by Crippen LogP contribution is -2.02. The second-order valence-electron chi connectivity index (χ2n) is 12.3. The summed E-state index contributed by atoms with van der Waals surface area (Å²) in [6, 6.07) is 57.7. The van der Waals surface area contributed by atoms with Gasteiger partial charge in [0.25, 0.3) is 0 Å². The number of para-hydroxylation sites is 4.